The van der Waals surface area contributed by atoms with Gasteiger partial charge in [0.2, 0.25) is 5.91 Å². The fraction of sp³-hybridized carbons (Fsp3) is 0.333. The third-order valence-corrected chi connectivity index (χ3v) is 3.25. The van der Waals surface area contributed by atoms with E-state index in [1.807, 2.05) is 45.0 Å². The number of rotatable bonds is 3. The van der Waals surface area contributed by atoms with Crippen molar-refractivity contribution in [2.75, 3.05) is 5.32 Å². The third kappa shape index (κ3) is 4.30. The average Bonchev–Trinajstić information content (AvgIpc) is 2.41. The van der Waals surface area contributed by atoms with E-state index >= 15 is 0 Å². The molecule has 1 heterocycles. The normalized spacial score (nSPS) is 11.5. The summed E-state index contributed by atoms with van der Waals surface area (Å²) in [6.45, 7) is 5.86. The van der Waals surface area contributed by atoms with E-state index in [1.165, 1.54) is 0 Å². The highest BCUT2D eigenvalue weighted by Crippen LogP contribution is 2.24. The second kappa shape index (κ2) is 8.17. The SMILES string of the molecule is Cc1ccc(NC(=O)[C@@H](N)C(C)C)c2cccnc12.Cl.Cl. The maximum absolute atomic E-state index is 12.0. The number of halogens is 2. The third-order valence-electron chi connectivity index (χ3n) is 3.25. The van der Waals surface area contributed by atoms with Gasteiger partial charge in [0, 0.05) is 11.6 Å². The van der Waals surface area contributed by atoms with Crippen LogP contribution in [0, 0.1) is 12.8 Å². The summed E-state index contributed by atoms with van der Waals surface area (Å²) in [6.07, 6.45) is 1.75. The summed E-state index contributed by atoms with van der Waals surface area (Å²) in [5.74, 6) is -0.0566. The molecule has 6 heteroatoms. The lowest BCUT2D eigenvalue weighted by Crippen LogP contribution is -2.39. The molecule has 1 atom stereocenters. The molecule has 0 aliphatic rings. The number of aromatic nitrogens is 1. The first-order valence-corrected chi connectivity index (χ1v) is 6.41. The van der Waals surface area contributed by atoms with Gasteiger partial charge in [0.1, 0.15) is 0 Å². The summed E-state index contributed by atoms with van der Waals surface area (Å²) in [7, 11) is 0. The molecule has 0 saturated carbocycles. The lowest BCUT2D eigenvalue weighted by Gasteiger charge is -2.16. The molecule has 0 aliphatic carbocycles. The number of anilines is 1. The number of fused-ring (bicyclic) bond motifs is 1. The second-order valence-electron chi connectivity index (χ2n) is 5.09. The molecule has 1 aromatic carbocycles. The van der Waals surface area contributed by atoms with Crippen LogP contribution in [0.5, 0.6) is 0 Å². The summed E-state index contributed by atoms with van der Waals surface area (Å²) in [5, 5.41) is 3.83. The van der Waals surface area contributed by atoms with Gasteiger partial charge in [-0.15, -0.1) is 24.8 Å². The predicted octanol–water partition coefficient (Wildman–Crippen LogP) is 3.31. The van der Waals surface area contributed by atoms with Crippen molar-refractivity contribution in [3.05, 3.63) is 36.0 Å². The fourth-order valence-corrected chi connectivity index (χ4v) is 1.94. The van der Waals surface area contributed by atoms with E-state index in [2.05, 4.69) is 10.3 Å². The first kappa shape index (κ1) is 19.6. The van der Waals surface area contributed by atoms with Crippen molar-refractivity contribution < 1.29 is 4.79 Å². The molecule has 1 aromatic heterocycles. The standard InChI is InChI=1S/C15H19N3O.2ClH/c1-9(2)13(16)15(19)18-12-7-6-10(3)14-11(12)5-4-8-17-14;;/h4-9,13H,16H2,1-3H3,(H,18,19);2*1H/t13-;;/m0../s1. The van der Waals surface area contributed by atoms with Gasteiger partial charge in [-0.05, 0) is 36.6 Å². The van der Waals surface area contributed by atoms with Crippen LogP contribution in [0.1, 0.15) is 19.4 Å². The lowest BCUT2D eigenvalue weighted by atomic mass is 10.0. The van der Waals surface area contributed by atoms with E-state index < -0.39 is 6.04 Å². The highest BCUT2D eigenvalue weighted by molar-refractivity contribution is 6.03. The first-order valence-electron chi connectivity index (χ1n) is 6.41. The maximum Gasteiger partial charge on any atom is 0.241 e. The Morgan fingerprint density at radius 2 is 1.90 bits per heavy atom. The summed E-state index contributed by atoms with van der Waals surface area (Å²) in [6, 6.07) is 7.15. The Morgan fingerprint density at radius 1 is 1.24 bits per heavy atom. The van der Waals surface area contributed by atoms with Gasteiger partial charge in [-0.1, -0.05) is 19.9 Å². The molecule has 0 unspecified atom stereocenters. The minimum atomic E-state index is -0.506. The van der Waals surface area contributed by atoms with Gasteiger partial charge in [-0.3, -0.25) is 9.78 Å². The molecule has 0 bridgehead atoms. The topological polar surface area (TPSA) is 68.0 Å². The Balaban J connectivity index is 0.00000200. The van der Waals surface area contributed by atoms with Gasteiger partial charge in [0.25, 0.3) is 0 Å². The van der Waals surface area contributed by atoms with Crippen molar-refractivity contribution in [1.82, 2.24) is 4.98 Å². The molecule has 0 fully saturated rings. The largest absolute Gasteiger partial charge is 0.324 e. The Bertz CT molecular complexity index is 617. The van der Waals surface area contributed by atoms with E-state index in [1.54, 1.807) is 6.20 Å². The van der Waals surface area contributed by atoms with Gasteiger partial charge in [0.15, 0.2) is 0 Å². The van der Waals surface area contributed by atoms with Gasteiger partial charge in [0.05, 0.1) is 17.2 Å². The zero-order valence-corrected chi connectivity index (χ0v) is 13.9. The smallest absolute Gasteiger partial charge is 0.241 e. The molecule has 2 aromatic rings. The number of amides is 1. The monoisotopic (exact) mass is 329 g/mol. The van der Waals surface area contributed by atoms with Gasteiger partial charge in [-0.25, -0.2) is 0 Å². The number of nitrogens with one attached hydrogen (secondary N) is 1. The molecule has 0 aliphatic heterocycles. The minimum Gasteiger partial charge on any atom is -0.324 e. The number of hydrogen-bond acceptors (Lipinski definition) is 3. The minimum absolute atomic E-state index is 0. The van der Waals surface area contributed by atoms with Crippen LogP contribution in [0.25, 0.3) is 10.9 Å². The summed E-state index contributed by atoms with van der Waals surface area (Å²) >= 11 is 0. The predicted molar refractivity (Wildman–Crippen MR) is 92.4 cm³/mol. The molecule has 3 N–H and O–H groups in total. The number of nitrogens with two attached hydrogens (primary N) is 1. The molecular weight excluding hydrogens is 309 g/mol. The number of carbonyl (C=O) groups is 1. The molecule has 0 spiro atoms. The number of hydrogen-bond donors (Lipinski definition) is 2. The second-order valence-corrected chi connectivity index (χ2v) is 5.09. The maximum atomic E-state index is 12.0. The Morgan fingerprint density at radius 3 is 2.52 bits per heavy atom. The van der Waals surface area contributed by atoms with E-state index in [4.69, 9.17) is 5.73 Å². The summed E-state index contributed by atoms with van der Waals surface area (Å²) in [4.78, 5) is 16.4. The van der Waals surface area contributed by atoms with Crippen LogP contribution in [0.15, 0.2) is 30.5 Å². The van der Waals surface area contributed by atoms with Crippen molar-refractivity contribution >= 4 is 47.3 Å². The average molecular weight is 330 g/mol. The zero-order chi connectivity index (χ0) is 14.0. The molecule has 21 heavy (non-hydrogen) atoms. The van der Waals surface area contributed by atoms with Crippen LogP contribution in [0.4, 0.5) is 5.69 Å². The van der Waals surface area contributed by atoms with Crippen molar-refractivity contribution in [2.24, 2.45) is 11.7 Å². The van der Waals surface area contributed by atoms with E-state index in [0.717, 1.165) is 22.2 Å². The van der Waals surface area contributed by atoms with Crippen molar-refractivity contribution in [2.45, 2.75) is 26.8 Å². The van der Waals surface area contributed by atoms with Crippen LogP contribution in [0.3, 0.4) is 0 Å². The molecule has 116 valence electrons. The number of aryl methyl sites for hydroxylation is 1. The van der Waals surface area contributed by atoms with Gasteiger partial charge >= 0.3 is 0 Å². The number of nitrogens with zero attached hydrogens (tertiary/aromatic N) is 1. The molecule has 0 saturated heterocycles. The lowest BCUT2D eigenvalue weighted by molar-refractivity contribution is -0.118. The van der Waals surface area contributed by atoms with E-state index in [-0.39, 0.29) is 36.6 Å². The Hall–Kier alpha value is -1.36. The Labute approximate surface area is 137 Å². The van der Waals surface area contributed by atoms with Gasteiger partial charge < -0.3 is 11.1 Å². The number of pyridine rings is 1. The first-order chi connectivity index (χ1) is 9.00. The van der Waals surface area contributed by atoms with E-state index in [9.17, 15) is 4.79 Å². The highest BCUT2D eigenvalue weighted by Gasteiger charge is 2.18. The molecule has 2 rings (SSSR count). The fourth-order valence-electron chi connectivity index (χ4n) is 1.94. The summed E-state index contributed by atoms with van der Waals surface area (Å²) in [5.41, 5.74) is 8.60. The van der Waals surface area contributed by atoms with Crippen LogP contribution >= 0.6 is 24.8 Å². The van der Waals surface area contributed by atoms with E-state index in [0.29, 0.717) is 0 Å². The highest BCUT2D eigenvalue weighted by atomic mass is 35.5. The van der Waals surface area contributed by atoms with Crippen LogP contribution in [0.2, 0.25) is 0 Å². The molecule has 1 amide bonds. The Kier molecular flexibility index (Phi) is 7.64. The van der Waals surface area contributed by atoms with Crippen LogP contribution < -0.4 is 11.1 Å². The molecular formula is C15H21Cl2N3O. The molecule has 4 nitrogen and oxygen atoms in total. The van der Waals surface area contributed by atoms with Gasteiger partial charge in [-0.2, -0.15) is 0 Å². The zero-order valence-electron chi connectivity index (χ0n) is 12.3. The molecule has 0 radical (unpaired) electrons. The number of carbonyl (C=O) groups excluding carboxylic acids is 1. The van der Waals surface area contributed by atoms with Crippen LogP contribution in [-0.2, 0) is 4.79 Å². The summed E-state index contributed by atoms with van der Waals surface area (Å²) < 4.78 is 0. The quantitative estimate of drug-likeness (QED) is 0.907. The van der Waals surface area contributed by atoms with Crippen molar-refractivity contribution in [3.8, 4) is 0 Å². The van der Waals surface area contributed by atoms with Crippen molar-refractivity contribution in [1.29, 1.82) is 0 Å². The number of benzene rings is 1. The van der Waals surface area contributed by atoms with Crippen LogP contribution in [-0.4, -0.2) is 16.9 Å². The van der Waals surface area contributed by atoms with Crippen molar-refractivity contribution in [3.63, 3.8) is 0 Å².